The average molecular weight is 559 g/mol. The molecular weight excluding hydrogens is 525 g/mol. The van der Waals surface area contributed by atoms with Crippen molar-refractivity contribution in [2.24, 2.45) is 0 Å². The van der Waals surface area contributed by atoms with E-state index in [1.165, 1.54) is 23.9 Å². The van der Waals surface area contributed by atoms with E-state index in [9.17, 15) is 23.5 Å². The number of aliphatic carboxylic acids is 1. The fourth-order valence-corrected chi connectivity index (χ4v) is 5.27. The van der Waals surface area contributed by atoms with Crippen LogP contribution in [0.25, 0.3) is 11.1 Å². The van der Waals surface area contributed by atoms with E-state index in [2.05, 4.69) is 10.2 Å². The Morgan fingerprint density at radius 3 is 2.35 bits per heavy atom. The van der Waals surface area contributed by atoms with Crippen molar-refractivity contribution in [1.82, 2.24) is 10.2 Å². The molecule has 40 heavy (non-hydrogen) atoms. The summed E-state index contributed by atoms with van der Waals surface area (Å²) in [6.45, 7) is 3.25. The van der Waals surface area contributed by atoms with Crippen LogP contribution in [0.2, 0.25) is 0 Å². The molecule has 3 aromatic rings. The second-order valence-electron chi connectivity index (χ2n) is 10.1. The zero-order chi connectivity index (χ0) is 27.9. The number of amides is 1. The van der Waals surface area contributed by atoms with Gasteiger partial charge in [-0.3, -0.25) is 9.69 Å². The van der Waals surface area contributed by atoms with Crippen molar-refractivity contribution in [3.8, 4) is 11.1 Å². The molecule has 0 bridgehead atoms. The standard InChI is InChI=1S/C31H34F2N2O3S.Li/c1-20-5-3-4-6-26(20)28-17-22(7-10-27(28)30(36)34-29(31(37)38)12-14-39-2)19-35(25-8-9-25)13-11-21-15-23(32)18-24(33)16-21;/h3-7,10,15-18,25,29H,8-9,11-14,19H2,1-2H3,(H,34,36)(H,37,38);/q;+1/p-1/t29-;/m0./s1. The Morgan fingerprint density at radius 2 is 1.73 bits per heavy atom. The minimum absolute atomic E-state index is 0. The molecule has 0 radical (unpaired) electrons. The first kappa shape index (κ1) is 31.9. The minimum atomic E-state index is -1.30. The number of thioether (sulfide) groups is 1. The van der Waals surface area contributed by atoms with Crippen LogP contribution in [0.15, 0.2) is 60.7 Å². The van der Waals surface area contributed by atoms with Crippen molar-refractivity contribution >= 4 is 23.6 Å². The van der Waals surface area contributed by atoms with Crippen molar-refractivity contribution < 1.29 is 42.3 Å². The molecule has 0 heterocycles. The Morgan fingerprint density at radius 1 is 1.02 bits per heavy atom. The molecule has 1 aliphatic rings. The van der Waals surface area contributed by atoms with Crippen molar-refractivity contribution in [2.45, 2.75) is 51.2 Å². The van der Waals surface area contributed by atoms with Gasteiger partial charge >= 0.3 is 18.9 Å². The van der Waals surface area contributed by atoms with Crippen molar-refractivity contribution in [1.29, 1.82) is 0 Å². The fraction of sp³-hybridized carbons (Fsp3) is 0.355. The SMILES string of the molecule is CSCC[C@H](NC(=O)c1ccc(CN(CCc2cc(F)cc(F)c2)C2CC2)cc1-c1ccccc1C)C(=O)[O-].[Li+]. The summed E-state index contributed by atoms with van der Waals surface area (Å²) in [4.78, 5) is 27.3. The number of hydrogen-bond donors (Lipinski definition) is 1. The molecule has 0 spiro atoms. The number of rotatable bonds is 13. The van der Waals surface area contributed by atoms with E-state index in [-0.39, 0.29) is 25.3 Å². The van der Waals surface area contributed by atoms with Crippen LogP contribution in [0.5, 0.6) is 0 Å². The number of carbonyl (C=O) groups is 2. The van der Waals surface area contributed by atoms with Crippen LogP contribution in [0.3, 0.4) is 0 Å². The molecule has 1 saturated carbocycles. The molecule has 1 aliphatic carbocycles. The normalized spacial score (nSPS) is 13.5. The molecule has 0 saturated heterocycles. The molecule has 1 N–H and O–H groups in total. The monoisotopic (exact) mass is 558 g/mol. The molecule has 206 valence electrons. The van der Waals surface area contributed by atoms with Gasteiger partial charge in [0.05, 0.1) is 12.0 Å². The first-order valence-electron chi connectivity index (χ1n) is 13.1. The Balaban J connectivity index is 0.00000441. The van der Waals surface area contributed by atoms with Gasteiger partial charge in [-0.25, -0.2) is 8.78 Å². The first-order valence-corrected chi connectivity index (χ1v) is 14.5. The van der Waals surface area contributed by atoms with E-state index < -0.39 is 29.6 Å². The van der Waals surface area contributed by atoms with Crippen LogP contribution in [-0.4, -0.2) is 47.4 Å². The number of hydrogen-bond acceptors (Lipinski definition) is 5. The summed E-state index contributed by atoms with van der Waals surface area (Å²) >= 11 is 1.51. The summed E-state index contributed by atoms with van der Waals surface area (Å²) in [5.74, 6) is -2.32. The molecule has 0 unspecified atom stereocenters. The van der Waals surface area contributed by atoms with E-state index in [1.807, 2.05) is 49.6 Å². The van der Waals surface area contributed by atoms with Gasteiger partial charge in [0, 0.05) is 30.8 Å². The predicted octanol–water partition coefficient (Wildman–Crippen LogP) is 1.75. The summed E-state index contributed by atoms with van der Waals surface area (Å²) in [5, 5.41) is 14.3. The summed E-state index contributed by atoms with van der Waals surface area (Å²) in [6.07, 6.45) is 4.83. The van der Waals surface area contributed by atoms with Gasteiger partial charge < -0.3 is 15.2 Å². The molecular formula is C31H33F2LiN2O3S. The molecule has 0 aromatic heterocycles. The topological polar surface area (TPSA) is 72.5 Å². The predicted molar refractivity (Wildman–Crippen MR) is 149 cm³/mol. The maximum Gasteiger partial charge on any atom is 1.00 e. The molecule has 9 heteroatoms. The molecule has 3 aromatic carbocycles. The summed E-state index contributed by atoms with van der Waals surface area (Å²) < 4.78 is 27.3. The first-order chi connectivity index (χ1) is 18.7. The third kappa shape index (κ3) is 8.68. The third-order valence-electron chi connectivity index (χ3n) is 7.02. The van der Waals surface area contributed by atoms with Gasteiger partial charge in [-0.2, -0.15) is 11.8 Å². The quantitative estimate of drug-likeness (QED) is 0.324. The average Bonchev–Trinajstić information content (AvgIpc) is 3.74. The van der Waals surface area contributed by atoms with Gasteiger partial charge in [-0.1, -0.05) is 30.3 Å². The molecule has 4 rings (SSSR count). The molecule has 5 nitrogen and oxygen atoms in total. The second kappa shape index (κ2) is 14.8. The van der Waals surface area contributed by atoms with Gasteiger partial charge in [0.15, 0.2) is 0 Å². The largest absolute Gasteiger partial charge is 1.00 e. The molecule has 1 fully saturated rings. The van der Waals surface area contributed by atoms with E-state index >= 15 is 0 Å². The van der Waals surface area contributed by atoms with E-state index in [4.69, 9.17) is 0 Å². The van der Waals surface area contributed by atoms with E-state index in [0.29, 0.717) is 42.4 Å². The third-order valence-corrected chi connectivity index (χ3v) is 7.67. The summed E-state index contributed by atoms with van der Waals surface area (Å²) in [6, 6.07) is 16.4. The number of benzene rings is 3. The van der Waals surface area contributed by atoms with Gasteiger partial charge in [0.1, 0.15) is 11.6 Å². The number of nitrogens with one attached hydrogen (secondary N) is 1. The van der Waals surface area contributed by atoms with E-state index in [0.717, 1.165) is 41.2 Å². The number of carboxylic acids is 1. The van der Waals surface area contributed by atoms with Crippen LogP contribution >= 0.6 is 11.8 Å². The van der Waals surface area contributed by atoms with Gasteiger partial charge in [-0.05, 0) is 96.7 Å². The zero-order valence-corrected chi connectivity index (χ0v) is 24.0. The van der Waals surface area contributed by atoms with Crippen LogP contribution in [0, 0.1) is 18.6 Å². The van der Waals surface area contributed by atoms with Crippen molar-refractivity contribution in [3.05, 3.63) is 94.6 Å². The van der Waals surface area contributed by atoms with Crippen molar-refractivity contribution in [2.75, 3.05) is 18.6 Å². The van der Waals surface area contributed by atoms with E-state index in [1.54, 1.807) is 6.07 Å². The number of carbonyl (C=O) groups excluding carboxylic acids is 2. The van der Waals surface area contributed by atoms with Gasteiger partial charge in [0.25, 0.3) is 5.91 Å². The molecule has 1 amide bonds. The van der Waals surface area contributed by atoms with Crippen LogP contribution in [-0.2, 0) is 17.8 Å². The van der Waals surface area contributed by atoms with Crippen LogP contribution in [0.4, 0.5) is 8.78 Å². The van der Waals surface area contributed by atoms with Crippen LogP contribution in [0.1, 0.15) is 46.3 Å². The maximum absolute atomic E-state index is 13.7. The number of aryl methyl sites for hydroxylation is 1. The number of halogens is 2. The summed E-state index contributed by atoms with van der Waals surface area (Å²) in [5.41, 5.74) is 4.64. The number of nitrogens with zero attached hydrogens (tertiary/aromatic N) is 1. The number of carboxylic acid groups (broad SMARTS) is 1. The second-order valence-corrected chi connectivity index (χ2v) is 11.0. The molecule has 0 aliphatic heterocycles. The Labute approximate surface area is 250 Å². The smallest absolute Gasteiger partial charge is 0.548 e. The van der Waals surface area contributed by atoms with Gasteiger partial charge in [-0.15, -0.1) is 0 Å². The Hall–Kier alpha value is -2.63. The van der Waals surface area contributed by atoms with Crippen molar-refractivity contribution in [3.63, 3.8) is 0 Å². The van der Waals surface area contributed by atoms with Gasteiger partial charge in [0.2, 0.25) is 0 Å². The maximum atomic E-state index is 13.7. The minimum Gasteiger partial charge on any atom is -0.548 e. The fourth-order valence-electron chi connectivity index (χ4n) is 4.80. The Kier molecular flexibility index (Phi) is 11.8. The Bertz CT molecular complexity index is 1320. The summed E-state index contributed by atoms with van der Waals surface area (Å²) in [7, 11) is 0. The van der Waals surface area contributed by atoms with Crippen LogP contribution < -0.4 is 29.3 Å². The zero-order valence-electron chi connectivity index (χ0n) is 23.2. The molecule has 1 atom stereocenters.